The SMILES string of the molecule is CCOC(=O)/C(C=Nc1cc(-c2ccc(Cl)cc2)sc1C(N)=O)=C(\O)C(F)(F)F. The Labute approximate surface area is 172 Å². The van der Waals surface area contributed by atoms with Gasteiger partial charge < -0.3 is 15.6 Å². The number of amides is 1. The number of nitrogens with two attached hydrogens (primary N) is 1. The van der Waals surface area contributed by atoms with E-state index < -0.39 is 29.4 Å². The molecule has 0 aliphatic rings. The van der Waals surface area contributed by atoms with Crippen molar-refractivity contribution in [2.24, 2.45) is 10.7 Å². The normalized spacial score (nSPS) is 12.7. The number of carbonyl (C=O) groups excluding carboxylic acids is 2. The van der Waals surface area contributed by atoms with E-state index in [2.05, 4.69) is 9.73 Å². The van der Waals surface area contributed by atoms with Gasteiger partial charge in [0.1, 0.15) is 10.5 Å². The zero-order valence-corrected chi connectivity index (χ0v) is 16.4. The number of esters is 1. The first-order chi connectivity index (χ1) is 13.5. The van der Waals surface area contributed by atoms with E-state index in [9.17, 15) is 27.9 Å². The van der Waals surface area contributed by atoms with Crippen molar-refractivity contribution < 1.29 is 32.6 Å². The van der Waals surface area contributed by atoms with Crippen molar-refractivity contribution in [3.63, 3.8) is 0 Å². The van der Waals surface area contributed by atoms with Gasteiger partial charge in [0.25, 0.3) is 5.91 Å². The molecule has 0 saturated carbocycles. The molecule has 0 aliphatic heterocycles. The minimum Gasteiger partial charge on any atom is -0.504 e. The van der Waals surface area contributed by atoms with E-state index in [1.165, 1.54) is 13.0 Å². The Morgan fingerprint density at radius 1 is 1.31 bits per heavy atom. The number of aliphatic hydroxyl groups excluding tert-OH is 1. The molecule has 1 heterocycles. The fraction of sp³-hybridized carbons (Fsp3) is 0.167. The van der Waals surface area contributed by atoms with Crippen LogP contribution in [0.25, 0.3) is 10.4 Å². The van der Waals surface area contributed by atoms with E-state index in [0.29, 0.717) is 21.7 Å². The van der Waals surface area contributed by atoms with Crippen LogP contribution in [-0.4, -0.2) is 36.0 Å². The highest BCUT2D eigenvalue weighted by Gasteiger charge is 2.38. The monoisotopic (exact) mass is 446 g/mol. The van der Waals surface area contributed by atoms with Gasteiger partial charge in [0.15, 0.2) is 0 Å². The summed E-state index contributed by atoms with van der Waals surface area (Å²) in [5, 5.41) is 9.86. The summed E-state index contributed by atoms with van der Waals surface area (Å²) in [5.41, 5.74) is 4.72. The standard InChI is InChI=1S/C18H14ClF3N2O4S/c1-2-28-17(27)11(15(25)18(20,21)22)8-24-12-7-13(29-14(12)16(23)26)9-3-5-10(19)6-4-9/h3-8,25H,2H2,1H3,(H2,23,26)/b15-11-,24-8?. The second-order valence-electron chi connectivity index (χ2n) is 5.43. The van der Waals surface area contributed by atoms with Crippen molar-refractivity contribution in [1.29, 1.82) is 0 Å². The van der Waals surface area contributed by atoms with Crippen molar-refractivity contribution in [2.45, 2.75) is 13.1 Å². The predicted octanol–water partition coefficient (Wildman–Crippen LogP) is 4.81. The molecule has 29 heavy (non-hydrogen) atoms. The highest BCUT2D eigenvalue weighted by molar-refractivity contribution is 7.18. The van der Waals surface area contributed by atoms with Gasteiger partial charge in [0, 0.05) is 16.1 Å². The lowest BCUT2D eigenvalue weighted by Crippen LogP contribution is -2.20. The Balaban J connectivity index is 2.51. The highest BCUT2D eigenvalue weighted by atomic mass is 35.5. The number of hydrogen-bond acceptors (Lipinski definition) is 6. The number of halogens is 4. The molecule has 0 unspecified atom stereocenters. The molecule has 1 aromatic heterocycles. The number of rotatable bonds is 6. The number of primary amides is 1. The second-order valence-corrected chi connectivity index (χ2v) is 6.92. The number of thiophene rings is 1. The predicted molar refractivity (Wildman–Crippen MR) is 104 cm³/mol. The number of hydrogen-bond donors (Lipinski definition) is 2. The third kappa shape index (κ3) is 5.58. The third-order valence-corrected chi connectivity index (χ3v) is 4.86. The van der Waals surface area contributed by atoms with Gasteiger partial charge in [-0.2, -0.15) is 13.2 Å². The zero-order chi connectivity index (χ0) is 21.8. The van der Waals surface area contributed by atoms with Gasteiger partial charge in [-0.3, -0.25) is 9.79 Å². The minimum atomic E-state index is -5.19. The summed E-state index contributed by atoms with van der Waals surface area (Å²) >= 11 is 6.80. The van der Waals surface area contributed by atoms with Gasteiger partial charge in [0.2, 0.25) is 5.76 Å². The number of benzene rings is 1. The number of alkyl halides is 3. The van der Waals surface area contributed by atoms with E-state index in [0.717, 1.165) is 11.3 Å². The molecule has 0 saturated heterocycles. The maximum absolute atomic E-state index is 12.8. The van der Waals surface area contributed by atoms with Gasteiger partial charge >= 0.3 is 12.1 Å². The zero-order valence-electron chi connectivity index (χ0n) is 14.8. The third-order valence-electron chi connectivity index (χ3n) is 3.42. The molecule has 3 N–H and O–H groups in total. The van der Waals surface area contributed by atoms with Crippen LogP contribution in [0.2, 0.25) is 5.02 Å². The maximum atomic E-state index is 12.8. The highest BCUT2D eigenvalue weighted by Crippen LogP contribution is 2.37. The topological polar surface area (TPSA) is 102 Å². The van der Waals surface area contributed by atoms with Crippen molar-refractivity contribution >= 4 is 46.7 Å². The Morgan fingerprint density at radius 3 is 2.45 bits per heavy atom. The first-order valence-electron chi connectivity index (χ1n) is 7.95. The van der Waals surface area contributed by atoms with E-state index in [4.69, 9.17) is 17.3 Å². The van der Waals surface area contributed by atoms with Gasteiger partial charge in [-0.15, -0.1) is 11.3 Å². The molecule has 6 nitrogen and oxygen atoms in total. The summed E-state index contributed by atoms with van der Waals surface area (Å²) < 4.78 is 43.0. The first-order valence-corrected chi connectivity index (χ1v) is 9.15. The Hall–Kier alpha value is -2.85. The van der Waals surface area contributed by atoms with Crippen LogP contribution in [-0.2, 0) is 9.53 Å². The van der Waals surface area contributed by atoms with Crippen LogP contribution in [0.15, 0.2) is 46.7 Å². The Bertz CT molecular complexity index is 982. The molecule has 154 valence electrons. The summed E-state index contributed by atoms with van der Waals surface area (Å²) in [6.45, 7) is 1.17. The lowest BCUT2D eigenvalue weighted by Gasteiger charge is -2.09. The lowest BCUT2D eigenvalue weighted by molar-refractivity contribution is -0.141. The first kappa shape index (κ1) is 22.4. The minimum absolute atomic E-state index is 0.0408. The van der Waals surface area contributed by atoms with Crippen LogP contribution in [0.1, 0.15) is 16.6 Å². The van der Waals surface area contributed by atoms with Crippen LogP contribution in [0, 0.1) is 0 Å². The molecule has 0 fully saturated rings. The number of allylic oxidation sites excluding steroid dienone is 1. The largest absolute Gasteiger partial charge is 0.504 e. The fourth-order valence-corrected chi connectivity index (χ4v) is 3.20. The van der Waals surface area contributed by atoms with Gasteiger partial charge in [-0.25, -0.2) is 4.79 Å². The molecule has 0 spiro atoms. The summed E-state index contributed by atoms with van der Waals surface area (Å²) in [5.74, 6) is -4.43. The second kappa shape index (κ2) is 9.10. The molecule has 11 heteroatoms. The molecule has 0 bridgehead atoms. The van der Waals surface area contributed by atoms with E-state index in [-0.39, 0.29) is 17.2 Å². The molecular weight excluding hydrogens is 433 g/mol. The fourth-order valence-electron chi connectivity index (χ4n) is 2.12. The summed E-state index contributed by atoms with van der Waals surface area (Å²) in [6.07, 6.45) is -4.70. The quantitative estimate of drug-likeness (QED) is 0.288. The molecule has 0 atom stereocenters. The molecule has 2 rings (SSSR count). The number of ether oxygens (including phenoxy) is 1. The molecule has 0 radical (unpaired) electrons. The Kier molecular flexibility index (Phi) is 7.04. The van der Waals surface area contributed by atoms with Crippen molar-refractivity contribution in [2.75, 3.05) is 6.61 Å². The average molecular weight is 447 g/mol. The number of nitrogens with zero attached hydrogens (tertiary/aromatic N) is 1. The molecule has 1 aromatic carbocycles. The lowest BCUT2D eigenvalue weighted by atomic mass is 10.2. The maximum Gasteiger partial charge on any atom is 0.449 e. The van der Waals surface area contributed by atoms with E-state index >= 15 is 0 Å². The Morgan fingerprint density at radius 2 is 1.93 bits per heavy atom. The summed E-state index contributed by atoms with van der Waals surface area (Å²) in [4.78, 5) is 27.8. The number of aliphatic hydroxyl groups is 1. The molecule has 1 amide bonds. The van der Waals surface area contributed by atoms with Gasteiger partial charge in [-0.1, -0.05) is 23.7 Å². The average Bonchev–Trinajstić information content (AvgIpc) is 3.06. The van der Waals surface area contributed by atoms with E-state index in [1.807, 2.05) is 0 Å². The van der Waals surface area contributed by atoms with Gasteiger partial charge in [0.05, 0.1) is 12.3 Å². The molecule has 2 aromatic rings. The van der Waals surface area contributed by atoms with Crippen molar-refractivity contribution in [3.05, 3.63) is 51.6 Å². The van der Waals surface area contributed by atoms with Gasteiger partial charge in [-0.05, 0) is 30.7 Å². The number of aliphatic imine (C=N–C) groups is 1. The van der Waals surface area contributed by atoms with E-state index in [1.54, 1.807) is 24.3 Å². The van der Waals surface area contributed by atoms with Crippen molar-refractivity contribution in [3.8, 4) is 10.4 Å². The summed E-state index contributed by atoms with van der Waals surface area (Å²) in [7, 11) is 0. The summed E-state index contributed by atoms with van der Waals surface area (Å²) in [6, 6.07) is 7.99. The van der Waals surface area contributed by atoms with Crippen molar-refractivity contribution in [1.82, 2.24) is 0 Å². The van der Waals surface area contributed by atoms with Crippen LogP contribution in [0.5, 0.6) is 0 Å². The molecule has 0 aliphatic carbocycles. The van der Waals surface area contributed by atoms with Crippen LogP contribution in [0.3, 0.4) is 0 Å². The molecular formula is C18H14ClF3N2O4S. The van der Waals surface area contributed by atoms with Crippen LogP contribution < -0.4 is 5.73 Å². The number of carbonyl (C=O) groups is 2. The smallest absolute Gasteiger partial charge is 0.449 e. The van der Waals surface area contributed by atoms with Crippen LogP contribution in [0.4, 0.5) is 18.9 Å². The van der Waals surface area contributed by atoms with Crippen LogP contribution >= 0.6 is 22.9 Å².